The molecule has 3 heteroatoms. The first-order valence-corrected chi connectivity index (χ1v) is 6.66. The third kappa shape index (κ3) is 3.10. The molecule has 2 rings (SSSR count). The summed E-state index contributed by atoms with van der Waals surface area (Å²) >= 11 is 0. The second kappa shape index (κ2) is 6.63. The van der Waals surface area contributed by atoms with Crippen molar-refractivity contribution < 1.29 is 9.90 Å². The maximum Gasteiger partial charge on any atom is 0.336 e. The SMILES string of the molecule is C#CCCCCNc1ccc(C(=O)O)c2ccccc12. The van der Waals surface area contributed by atoms with E-state index in [4.69, 9.17) is 6.42 Å². The number of carbonyl (C=O) groups is 1. The summed E-state index contributed by atoms with van der Waals surface area (Å²) in [6.07, 6.45) is 8.00. The number of hydrogen-bond donors (Lipinski definition) is 2. The van der Waals surface area contributed by atoms with E-state index in [1.54, 1.807) is 6.07 Å². The van der Waals surface area contributed by atoms with Crippen molar-refractivity contribution in [3.05, 3.63) is 42.0 Å². The molecule has 0 bridgehead atoms. The molecule has 0 aliphatic rings. The van der Waals surface area contributed by atoms with Gasteiger partial charge in [-0.1, -0.05) is 24.3 Å². The lowest BCUT2D eigenvalue weighted by Crippen LogP contribution is -2.04. The van der Waals surface area contributed by atoms with Gasteiger partial charge in [-0.3, -0.25) is 0 Å². The molecule has 2 N–H and O–H groups in total. The van der Waals surface area contributed by atoms with Gasteiger partial charge in [0.1, 0.15) is 0 Å². The van der Waals surface area contributed by atoms with Gasteiger partial charge in [0.05, 0.1) is 5.56 Å². The average Bonchev–Trinajstić information content (AvgIpc) is 2.46. The van der Waals surface area contributed by atoms with Crippen LogP contribution in [-0.4, -0.2) is 17.6 Å². The lowest BCUT2D eigenvalue weighted by atomic mass is 10.0. The number of rotatable bonds is 6. The largest absolute Gasteiger partial charge is 0.478 e. The van der Waals surface area contributed by atoms with Crippen LogP contribution in [0, 0.1) is 12.3 Å². The third-order valence-corrected chi connectivity index (χ3v) is 3.22. The Hall–Kier alpha value is -2.47. The van der Waals surface area contributed by atoms with Gasteiger partial charge < -0.3 is 10.4 Å². The summed E-state index contributed by atoms with van der Waals surface area (Å²) in [5.41, 5.74) is 1.30. The molecule has 0 aliphatic carbocycles. The van der Waals surface area contributed by atoms with Crippen LogP contribution in [0.3, 0.4) is 0 Å². The van der Waals surface area contributed by atoms with Crippen LogP contribution in [0.4, 0.5) is 5.69 Å². The lowest BCUT2D eigenvalue weighted by molar-refractivity contribution is 0.0699. The van der Waals surface area contributed by atoms with Gasteiger partial charge in [0.25, 0.3) is 0 Å². The molecule has 0 unspecified atom stereocenters. The van der Waals surface area contributed by atoms with Crippen molar-refractivity contribution in [2.45, 2.75) is 19.3 Å². The number of fused-ring (bicyclic) bond motifs is 1. The molecule has 0 aliphatic heterocycles. The van der Waals surface area contributed by atoms with Gasteiger partial charge in [-0.25, -0.2) is 4.79 Å². The van der Waals surface area contributed by atoms with Crippen LogP contribution in [0.2, 0.25) is 0 Å². The monoisotopic (exact) mass is 267 g/mol. The maximum absolute atomic E-state index is 11.2. The molecule has 0 fully saturated rings. The van der Waals surface area contributed by atoms with E-state index in [1.165, 1.54) is 0 Å². The Bertz CT molecular complexity index is 656. The van der Waals surface area contributed by atoms with E-state index in [-0.39, 0.29) is 0 Å². The van der Waals surface area contributed by atoms with Gasteiger partial charge in [0, 0.05) is 24.0 Å². The topological polar surface area (TPSA) is 49.3 Å². The molecule has 102 valence electrons. The number of hydrogen-bond acceptors (Lipinski definition) is 2. The Kier molecular flexibility index (Phi) is 4.62. The van der Waals surface area contributed by atoms with Gasteiger partial charge in [-0.05, 0) is 30.4 Å². The Morgan fingerprint density at radius 2 is 1.90 bits per heavy atom. The van der Waals surface area contributed by atoms with Crippen molar-refractivity contribution in [2.24, 2.45) is 0 Å². The van der Waals surface area contributed by atoms with Crippen molar-refractivity contribution in [1.82, 2.24) is 0 Å². The van der Waals surface area contributed by atoms with Gasteiger partial charge in [-0.2, -0.15) is 0 Å². The normalized spacial score (nSPS) is 10.2. The van der Waals surface area contributed by atoms with Crippen LogP contribution in [-0.2, 0) is 0 Å². The van der Waals surface area contributed by atoms with Crippen LogP contribution in [0.1, 0.15) is 29.6 Å². The predicted molar refractivity (Wildman–Crippen MR) is 82.1 cm³/mol. The van der Waals surface area contributed by atoms with E-state index in [9.17, 15) is 9.90 Å². The lowest BCUT2D eigenvalue weighted by Gasteiger charge is -2.11. The second-order valence-corrected chi connectivity index (χ2v) is 4.60. The Balaban J connectivity index is 2.21. The zero-order valence-electron chi connectivity index (χ0n) is 11.2. The third-order valence-electron chi connectivity index (χ3n) is 3.22. The van der Waals surface area contributed by atoms with Gasteiger partial charge in [0.2, 0.25) is 0 Å². The van der Waals surface area contributed by atoms with E-state index in [1.807, 2.05) is 30.3 Å². The number of anilines is 1. The molecule has 0 radical (unpaired) electrons. The van der Waals surface area contributed by atoms with E-state index < -0.39 is 5.97 Å². The number of aromatic carboxylic acids is 1. The van der Waals surface area contributed by atoms with E-state index >= 15 is 0 Å². The maximum atomic E-state index is 11.2. The molecular weight excluding hydrogens is 250 g/mol. The highest BCUT2D eigenvalue weighted by molar-refractivity contribution is 6.07. The quantitative estimate of drug-likeness (QED) is 0.619. The van der Waals surface area contributed by atoms with E-state index in [2.05, 4.69) is 11.2 Å². The van der Waals surface area contributed by atoms with Crippen LogP contribution >= 0.6 is 0 Å². The molecular formula is C17H17NO2. The number of benzene rings is 2. The van der Waals surface area contributed by atoms with Gasteiger partial charge >= 0.3 is 5.97 Å². The second-order valence-electron chi connectivity index (χ2n) is 4.60. The summed E-state index contributed by atoms with van der Waals surface area (Å²) in [5.74, 6) is 1.72. The molecule has 0 spiro atoms. The summed E-state index contributed by atoms with van der Waals surface area (Å²) in [5, 5.41) is 14.3. The fraction of sp³-hybridized carbons (Fsp3) is 0.235. The number of carboxylic acid groups (broad SMARTS) is 1. The number of unbranched alkanes of at least 4 members (excludes halogenated alkanes) is 2. The van der Waals surface area contributed by atoms with Crippen LogP contribution in [0.15, 0.2) is 36.4 Å². The van der Waals surface area contributed by atoms with Crippen molar-refractivity contribution >= 4 is 22.4 Å². The first-order valence-electron chi connectivity index (χ1n) is 6.66. The predicted octanol–water partition coefficient (Wildman–Crippen LogP) is 3.75. The summed E-state index contributed by atoms with van der Waals surface area (Å²) in [6.45, 7) is 0.831. The Labute approximate surface area is 118 Å². The van der Waals surface area contributed by atoms with E-state index in [0.717, 1.165) is 42.3 Å². The van der Waals surface area contributed by atoms with Crippen molar-refractivity contribution in [1.29, 1.82) is 0 Å². The molecule has 0 saturated carbocycles. The molecule has 0 aromatic heterocycles. The highest BCUT2D eigenvalue weighted by Crippen LogP contribution is 2.26. The van der Waals surface area contributed by atoms with Gasteiger partial charge in [-0.15, -0.1) is 12.3 Å². The minimum Gasteiger partial charge on any atom is -0.478 e. The highest BCUT2D eigenvalue weighted by Gasteiger charge is 2.10. The fourth-order valence-corrected chi connectivity index (χ4v) is 2.21. The van der Waals surface area contributed by atoms with Gasteiger partial charge in [0.15, 0.2) is 0 Å². The molecule has 0 saturated heterocycles. The van der Waals surface area contributed by atoms with E-state index in [0.29, 0.717) is 5.56 Å². The van der Waals surface area contributed by atoms with Crippen LogP contribution in [0.5, 0.6) is 0 Å². The highest BCUT2D eigenvalue weighted by atomic mass is 16.4. The summed E-state index contributed by atoms with van der Waals surface area (Å²) in [7, 11) is 0. The smallest absolute Gasteiger partial charge is 0.336 e. The summed E-state index contributed by atoms with van der Waals surface area (Å²) in [4.78, 5) is 11.2. The molecule has 0 heterocycles. The first kappa shape index (κ1) is 14.0. The number of carboxylic acids is 1. The molecule has 3 nitrogen and oxygen atoms in total. The van der Waals surface area contributed by atoms with Crippen molar-refractivity contribution in [3.8, 4) is 12.3 Å². The minimum absolute atomic E-state index is 0.332. The van der Waals surface area contributed by atoms with Crippen molar-refractivity contribution in [3.63, 3.8) is 0 Å². The standard InChI is InChI=1S/C17H17NO2/c1-2-3-4-7-12-18-16-11-10-15(17(19)20)13-8-5-6-9-14(13)16/h1,5-6,8-11,18H,3-4,7,12H2,(H,19,20). The molecule has 0 atom stereocenters. The Morgan fingerprint density at radius 1 is 1.15 bits per heavy atom. The average molecular weight is 267 g/mol. The zero-order valence-corrected chi connectivity index (χ0v) is 11.2. The van der Waals surface area contributed by atoms with Crippen LogP contribution in [0.25, 0.3) is 10.8 Å². The minimum atomic E-state index is -0.901. The molecule has 0 amide bonds. The Morgan fingerprint density at radius 3 is 2.60 bits per heavy atom. The number of nitrogens with one attached hydrogen (secondary N) is 1. The first-order chi connectivity index (χ1) is 9.74. The zero-order chi connectivity index (χ0) is 14.4. The fourth-order valence-electron chi connectivity index (χ4n) is 2.21. The van der Waals surface area contributed by atoms with Crippen LogP contribution < -0.4 is 5.32 Å². The summed E-state index contributed by atoms with van der Waals surface area (Å²) < 4.78 is 0. The molecule has 20 heavy (non-hydrogen) atoms. The molecule has 2 aromatic carbocycles. The molecule has 2 aromatic rings. The number of terminal acetylenes is 1. The summed E-state index contributed by atoms with van der Waals surface area (Å²) in [6, 6.07) is 11.0. The van der Waals surface area contributed by atoms with Crippen molar-refractivity contribution in [2.75, 3.05) is 11.9 Å².